The Morgan fingerprint density at radius 2 is 1.72 bits per heavy atom. The fourth-order valence-corrected chi connectivity index (χ4v) is 5.58. The van der Waals surface area contributed by atoms with Crippen molar-refractivity contribution in [1.82, 2.24) is 4.31 Å². The Hall–Kier alpha value is -2.09. The molecule has 0 bridgehead atoms. The third-order valence-electron chi connectivity index (χ3n) is 5.75. The minimum atomic E-state index is -3.52. The zero-order chi connectivity index (χ0) is 19.7. The van der Waals surface area contributed by atoms with Gasteiger partial charge >= 0.3 is 0 Å². The molecule has 1 aliphatic carbocycles. The molecule has 1 aliphatic heterocycles. The monoisotopic (exact) mass is 435 g/mol. The first kappa shape index (κ1) is 21.6. The van der Waals surface area contributed by atoms with E-state index in [-0.39, 0.29) is 24.2 Å². The number of nitrogen functional groups attached to an aromatic ring is 1. The molecule has 29 heavy (non-hydrogen) atoms. The van der Waals surface area contributed by atoms with Gasteiger partial charge in [-0.15, -0.1) is 12.4 Å². The fraction of sp³-hybridized carbons (Fsp3) is 0.381. The number of aryl methyl sites for hydroxylation is 2. The number of carbonyl (C=O) groups excluding carboxylic acids is 1. The Labute approximate surface area is 177 Å². The molecule has 8 heteroatoms. The van der Waals surface area contributed by atoms with E-state index in [1.165, 1.54) is 9.87 Å². The van der Waals surface area contributed by atoms with Gasteiger partial charge in [0.15, 0.2) is 0 Å². The molecule has 3 N–H and O–H groups in total. The van der Waals surface area contributed by atoms with E-state index in [1.807, 2.05) is 24.3 Å². The van der Waals surface area contributed by atoms with Gasteiger partial charge in [0.25, 0.3) is 0 Å². The molecule has 4 rings (SSSR count). The molecular formula is C21H26ClN3O3S. The number of para-hydroxylation sites is 2. The van der Waals surface area contributed by atoms with Crippen LogP contribution >= 0.6 is 12.4 Å². The van der Waals surface area contributed by atoms with Gasteiger partial charge in [0.1, 0.15) is 0 Å². The van der Waals surface area contributed by atoms with Gasteiger partial charge in [-0.25, -0.2) is 8.42 Å². The lowest BCUT2D eigenvalue weighted by Gasteiger charge is -2.30. The summed E-state index contributed by atoms with van der Waals surface area (Å²) in [4.78, 5) is 12.9. The molecule has 2 aromatic rings. The van der Waals surface area contributed by atoms with Crippen molar-refractivity contribution in [3.63, 3.8) is 0 Å². The molecule has 0 atom stereocenters. The maximum atomic E-state index is 13.0. The lowest BCUT2D eigenvalue weighted by molar-refractivity contribution is -0.120. The number of halogens is 1. The van der Waals surface area contributed by atoms with E-state index in [2.05, 4.69) is 5.32 Å². The summed E-state index contributed by atoms with van der Waals surface area (Å²) in [6.07, 6.45) is 4.07. The van der Waals surface area contributed by atoms with Gasteiger partial charge in [-0.05, 0) is 67.5 Å². The van der Waals surface area contributed by atoms with Crippen molar-refractivity contribution in [3.05, 3.63) is 53.6 Å². The van der Waals surface area contributed by atoms with Crippen molar-refractivity contribution in [2.24, 2.45) is 5.92 Å². The molecule has 0 radical (unpaired) electrons. The number of piperidine rings is 1. The van der Waals surface area contributed by atoms with E-state index in [9.17, 15) is 13.2 Å². The van der Waals surface area contributed by atoms with Crippen LogP contribution in [0.25, 0.3) is 0 Å². The SMILES string of the molecule is Cl.Nc1ccccc1NC(=O)C1CCN(S(=O)(=O)c2ccc3c(c2)CCC3)CC1. The van der Waals surface area contributed by atoms with Gasteiger partial charge in [-0.3, -0.25) is 4.79 Å². The molecule has 0 unspecified atom stereocenters. The average Bonchev–Trinajstić information content (AvgIpc) is 3.17. The minimum absolute atomic E-state index is 0. The number of sulfonamides is 1. The zero-order valence-electron chi connectivity index (χ0n) is 16.1. The van der Waals surface area contributed by atoms with Gasteiger partial charge in [-0.1, -0.05) is 18.2 Å². The average molecular weight is 436 g/mol. The van der Waals surface area contributed by atoms with E-state index in [0.29, 0.717) is 42.2 Å². The lowest BCUT2D eigenvalue weighted by Crippen LogP contribution is -2.41. The molecule has 6 nitrogen and oxygen atoms in total. The van der Waals surface area contributed by atoms with Crippen LogP contribution in [0.5, 0.6) is 0 Å². The second-order valence-electron chi connectivity index (χ2n) is 7.54. The van der Waals surface area contributed by atoms with Gasteiger partial charge in [0.05, 0.1) is 16.3 Å². The summed E-state index contributed by atoms with van der Waals surface area (Å²) in [6.45, 7) is 0.698. The van der Waals surface area contributed by atoms with E-state index in [1.54, 1.807) is 18.2 Å². The third kappa shape index (κ3) is 4.42. The standard InChI is InChI=1S/C21H25N3O3S.ClH/c22-19-6-1-2-7-20(19)23-21(25)16-10-12-24(13-11-16)28(26,27)18-9-8-15-4-3-5-17(15)14-18;/h1-2,6-9,14,16H,3-5,10-13,22H2,(H,23,25);1H. The normalized spacial score (nSPS) is 17.4. The highest BCUT2D eigenvalue weighted by Gasteiger charge is 2.32. The van der Waals surface area contributed by atoms with Gasteiger partial charge < -0.3 is 11.1 Å². The van der Waals surface area contributed by atoms with Crippen LogP contribution in [0.15, 0.2) is 47.4 Å². The number of carbonyl (C=O) groups is 1. The van der Waals surface area contributed by atoms with Crippen LogP contribution in [0.3, 0.4) is 0 Å². The number of nitrogens with one attached hydrogen (secondary N) is 1. The number of hydrogen-bond donors (Lipinski definition) is 2. The molecule has 1 saturated heterocycles. The predicted octanol–water partition coefficient (Wildman–Crippen LogP) is 3.22. The van der Waals surface area contributed by atoms with Crippen LogP contribution in [0.2, 0.25) is 0 Å². The molecule has 2 aliphatic rings. The largest absolute Gasteiger partial charge is 0.397 e. The van der Waals surface area contributed by atoms with Gasteiger partial charge in [0.2, 0.25) is 15.9 Å². The Morgan fingerprint density at radius 3 is 2.45 bits per heavy atom. The van der Waals surface area contributed by atoms with Crippen LogP contribution in [0.4, 0.5) is 11.4 Å². The fourth-order valence-electron chi connectivity index (χ4n) is 4.06. The zero-order valence-corrected chi connectivity index (χ0v) is 17.8. The molecule has 1 amide bonds. The number of fused-ring (bicyclic) bond motifs is 1. The van der Waals surface area contributed by atoms with E-state index < -0.39 is 10.0 Å². The van der Waals surface area contributed by atoms with Crippen molar-refractivity contribution in [1.29, 1.82) is 0 Å². The summed E-state index contributed by atoms with van der Waals surface area (Å²) in [7, 11) is -3.52. The Balaban J connectivity index is 0.00000240. The Morgan fingerprint density at radius 1 is 1.03 bits per heavy atom. The van der Waals surface area contributed by atoms with Crippen LogP contribution in [-0.4, -0.2) is 31.7 Å². The van der Waals surface area contributed by atoms with Crippen molar-refractivity contribution in [3.8, 4) is 0 Å². The smallest absolute Gasteiger partial charge is 0.243 e. The maximum absolute atomic E-state index is 13.0. The highest BCUT2D eigenvalue weighted by molar-refractivity contribution is 7.89. The third-order valence-corrected chi connectivity index (χ3v) is 7.65. The van der Waals surface area contributed by atoms with Crippen LogP contribution < -0.4 is 11.1 Å². The van der Waals surface area contributed by atoms with Crippen LogP contribution in [-0.2, 0) is 27.7 Å². The predicted molar refractivity (Wildman–Crippen MR) is 117 cm³/mol. The van der Waals surface area contributed by atoms with Crippen molar-refractivity contribution < 1.29 is 13.2 Å². The molecule has 1 fully saturated rings. The first-order valence-corrected chi connectivity index (χ1v) is 11.2. The maximum Gasteiger partial charge on any atom is 0.243 e. The number of hydrogen-bond acceptors (Lipinski definition) is 4. The molecule has 1 heterocycles. The van der Waals surface area contributed by atoms with Crippen LogP contribution in [0.1, 0.15) is 30.4 Å². The number of benzene rings is 2. The highest BCUT2D eigenvalue weighted by Crippen LogP contribution is 2.29. The van der Waals surface area contributed by atoms with Crippen molar-refractivity contribution in [2.75, 3.05) is 24.1 Å². The summed E-state index contributed by atoms with van der Waals surface area (Å²) in [5, 5.41) is 2.86. The molecule has 0 spiro atoms. The lowest BCUT2D eigenvalue weighted by atomic mass is 9.97. The number of amides is 1. The highest BCUT2D eigenvalue weighted by atomic mass is 35.5. The van der Waals surface area contributed by atoms with E-state index >= 15 is 0 Å². The number of nitrogens with zero attached hydrogens (tertiary/aromatic N) is 1. The van der Waals surface area contributed by atoms with Crippen LogP contribution in [0, 0.1) is 5.92 Å². The summed E-state index contributed by atoms with van der Waals surface area (Å²) < 4.78 is 27.5. The van der Waals surface area contributed by atoms with E-state index in [4.69, 9.17) is 5.73 Å². The Kier molecular flexibility index (Phi) is 6.51. The van der Waals surface area contributed by atoms with Gasteiger partial charge in [-0.2, -0.15) is 4.31 Å². The number of rotatable bonds is 4. The first-order valence-electron chi connectivity index (χ1n) is 9.72. The molecule has 2 aromatic carbocycles. The topological polar surface area (TPSA) is 92.5 Å². The first-order chi connectivity index (χ1) is 13.4. The summed E-state index contributed by atoms with van der Waals surface area (Å²) in [6, 6.07) is 12.6. The van der Waals surface area contributed by atoms with Crippen molar-refractivity contribution in [2.45, 2.75) is 37.0 Å². The van der Waals surface area contributed by atoms with E-state index in [0.717, 1.165) is 24.8 Å². The summed E-state index contributed by atoms with van der Waals surface area (Å²) >= 11 is 0. The minimum Gasteiger partial charge on any atom is -0.397 e. The number of anilines is 2. The summed E-state index contributed by atoms with van der Waals surface area (Å²) in [5.74, 6) is -0.321. The molecule has 0 aromatic heterocycles. The molecule has 0 saturated carbocycles. The molecule has 156 valence electrons. The quantitative estimate of drug-likeness (QED) is 0.721. The van der Waals surface area contributed by atoms with Crippen molar-refractivity contribution >= 4 is 39.7 Å². The van der Waals surface area contributed by atoms with Gasteiger partial charge in [0, 0.05) is 19.0 Å². The number of nitrogens with two attached hydrogens (primary N) is 1. The molecular weight excluding hydrogens is 410 g/mol. The second kappa shape index (κ2) is 8.73. The second-order valence-corrected chi connectivity index (χ2v) is 9.48. The Bertz CT molecular complexity index is 1000. The summed E-state index contributed by atoms with van der Waals surface area (Å²) in [5.41, 5.74) is 9.40.